The quantitative estimate of drug-likeness (QED) is 0.268. The number of hydrogen-bond donors (Lipinski definition) is 3. The molecule has 1 aliphatic rings. The molecule has 1 aliphatic heterocycles. The van der Waals surface area contributed by atoms with Gasteiger partial charge in [0.2, 0.25) is 0 Å². The molecule has 0 saturated heterocycles. The molecule has 3 aromatic carbocycles. The standard InChI is InChI=1S/C23H14Br2N2O2/c24-17-8-12(9-18(25)22(17)28)7-16-15-10-14(5-6-20(15)27-23(16)29)21-11-13-3-1-2-4-19(13)26-21/h1-11,26,28H,(H,27,29). The van der Waals surface area contributed by atoms with Gasteiger partial charge in [-0.2, -0.15) is 0 Å². The average Bonchev–Trinajstić information content (AvgIpc) is 3.27. The number of carbonyl (C=O) groups is 1. The highest BCUT2D eigenvalue weighted by Gasteiger charge is 2.25. The van der Waals surface area contributed by atoms with Crippen LogP contribution >= 0.6 is 31.9 Å². The molecule has 1 amide bonds. The van der Waals surface area contributed by atoms with Crippen LogP contribution in [0.4, 0.5) is 5.69 Å². The Kier molecular flexibility index (Phi) is 4.33. The molecule has 0 unspecified atom stereocenters. The maximum atomic E-state index is 12.6. The van der Waals surface area contributed by atoms with E-state index < -0.39 is 0 Å². The van der Waals surface area contributed by atoms with Gasteiger partial charge in [-0.3, -0.25) is 4.79 Å². The van der Waals surface area contributed by atoms with Gasteiger partial charge in [0.25, 0.3) is 5.91 Å². The number of aromatic amines is 1. The zero-order valence-electron chi connectivity index (χ0n) is 15.0. The Morgan fingerprint density at radius 3 is 2.45 bits per heavy atom. The molecule has 1 aromatic heterocycles. The largest absolute Gasteiger partial charge is 0.506 e. The summed E-state index contributed by atoms with van der Waals surface area (Å²) in [4.78, 5) is 16.0. The van der Waals surface area contributed by atoms with Crippen LogP contribution in [0.2, 0.25) is 0 Å². The number of halogens is 2. The van der Waals surface area contributed by atoms with Gasteiger partial charge in [0.15, 0.2) is 0 Å². The number of nitrogens with one attached hydrogen (secondary N) is 2. The number of amides is 1. The van der Waals surface area contributed by atoms with E-state index in [0.717, 1.165) is 39.0 Å². The van der Waals surface area contributed by atoms with Crippen LogP contribution in [-0.2, 0) is 4.79 Å². The number of anilines is 1. The van der Waals surface area contributed by atoms with Crippen LogP contribution in [0.25, 0.3) is 33.8 Å². The third-order valence-electron chi connectivity index (χ3n) is 4.99. The maximum Gasteiger partial charge on any atom is 0.256 e. The van der Waals surface area contributed by atoms with Crippen LogP contribution in [0.5, 0.6) is 5.75 Å². The van der Waals surface area contributed by atoms with Crippen LogP contribution in [-0.4, -0.2) is 16.0 Å². The summed E-state index contributed by atoms with van der Waals surface area (Å²) in [6, 6.07) is 19.7. The zero-order valence-corrected chi connectivity index (χ0v) is 18.1. The van der Waals surface area contributed by atoms with Gasteiger partial charge in [0, 0.05) is 33.4 Å². The number of aromatic hydroxyl groups is 1. The van der Waals surface area contributed by atoms with Crippen molar-refractivity contribution in [2.75, 3.05) is 5.32 Å². The number of para-hydroxylation sites is 1. The summed E-state index contributed by atoms with van der Waals surface area (Å²) in [5, 5.41) is 14.0. The van der Waals surface area contributed by atoms with Crippen molar-refractivity contribution >= 4 is 66.0 Å². The van der Waals surface area contributed by atoms with Crippen LogP contribution in [0, 0.1) is 0 Å². The highest BCUT2D eigenvalue weighted by molar-refractivity contribution is 9.11. The maximum absolute atomic E-state index is 12.6. The van der Waals surface area contributed by atoms with Gasteiger partial charge in [-0.05, 0) is 85.5 Å². The van der Waals surface area contributed by atoms with Gasteiger partial charge in [0.05, 0.1) is 8.95 Å². The second-order valence-corrected chi connectivity index (χ2v) is 8.58. The van der Waals surface area contributed by atoms with Crippen molar-refractivity contribution in [3.63, 3.8) is 0 Å². The van der Waals surface area contributed by atoms with E-state index in [4.69, 9.17) is 0 Å². The molecular weight excluding hydrogens is 496 g/mol. The molecule has 4 aromatic rings. The summed E-state index contributed by atoms with van der Waals surface area (Å²) in [7, 11) is 0. The fraction of sp³-hybridized carbons (Fsp3) is 0. The Morgan fingerprint density at radius 2 is 1.69 bits per heavy atom. The number of aromatic nitrogens is 1. The lowest BCUT2D eigenvalue weighted by molar-refractivity contribution is -0.110. The molecule has 0 saturated carbocycles. The molecule has 5 rings (SSSR count). The smallest absolute Gasteiger partial charge is 0.256 e. The summed E-state index contributed by atoms with van der Waals surface area (Å²) in [5.41, 5.74) is 6.12. The second kappa shape index (κ2) is 6.90. The van der Waals surface area contributed by atoms with Crippen molar-refractivity contribution in [3.8, 4) is 17.0 Å². The van der Waals surface area contributed by atoms with E-state index in [2.05, 4.69) is 54.3 Å². The van der Waals surface area contributed by atoms with Crippen LogP contribution in [0.3, 0.4) is 0 Å². The molecule has 2 heterocycles. The third kappa shape index (κ3) is 3.18. The Bertz CT molecular complexity index is 1280. The van der Waals surface area contributed by atoms with Crippen molar-refractivity contribution in [2.24, 2.45) is 0 Å². The van der Waals surface area contributed by atoms with E-state index in [1.165, 1.54) is 0 Å². The minimum atomic E-state index is -0.144. The fourth-order valence-corrected chi connectivity index (χ4v) is 4.78. The van der Waals surface area contributed by atoms with Crippen molar-refractivity contribution in [1.82, 2.24) is 4.98 Å². The molecule has 0 atom stereocenters. The summed E-state index contributed by atoms with van der Waals surface area (Å²) in [6.07, 6.45) is 1.82. The number of carbonyl (C=O) groups excluding carboxylic acids is 1. The van der Waals surface area contributed by atoms with Gasteiger partial charge in [0.1, 0.15) is 5.75 Å². The summed E-state index contributed by atoms with van der Waals surface area (Å²) in [6.45, 7) is 0. The lowest BCUT2D eigenvalue weighted by Gasteiger charge is -2.05. The van der Waals surface area contributed by atoms with E-state index in [9.17, 15) is 9.90 Å². The molecule has 6 heteroatoms. The molecule has 0 fully saturated rings. The highest BCUT2D eigenvalue weighted by atomic mass is 79.9. The molecule has 0 radical (unpaired) electrons. The second-order valence-electron chi connectivity index (χ2n) is 6.88. The first kappa shape index (κ1) is 18.2. The molecule has 0 aliphatic carbocycles. The molecule has 142 valence electrons. The normalized spacial score (nSPS) is 14.4. The Balaban J connectivity index is 1.61. The lowest BCUT2D eigenvalue weighted by atomic mass is 10.0. The van der Waals surface area contributed by atoms with Gasteiger partial charge in [-0.25, -0.2) is 0 Å². The van der Waals surface area contributed by atoms with Crippen LogP contribution in [0.1, 0.15) is 11.1 Å². The van der Waals surface area contributed by atoms with E-state index in [1.54, 1.807) is 12.1 Å². The van der Waals surface area contributed by atoms with Gasteiger partial charge in [-0.1, -0.05) is 24.3 Å². The predicted octanol–water partition coefficient (Wildman–Crippen LogP) is 6.56. The SMILES string of the molecule is O=C1Nc2ccc(-c3cc4ccccc4[nH]3)cc2C1=Cc1cc(Br)c(O)c(Br)c1. The number of H-pyrrole nitrogens is 1. The van der Waals surface area contributed by atoms with Gasteiger partial charge in [-0.15, -0.1) is 0 Å². The first-order valence-electron chi connectivity index (χ1n) is 8.93. The first-order valence-corrected chi connectivity index (χ1v) is 10.5. The third-order valence-corrected chi connectivity index (χ3v) is 6.20. The zero-order chi connectivity index (χ0) is 20.1. The molecule has 0 spiro atoms. The molecule has 3 N–H and O–H groups in total. The summed E-state index contributed by atoms with van der Waals surface area (Å²) >= 11 is 6.68. The molecular formula is C23H14Br2N2O2. The number of rotatable bonds is 2. The van der Waals surface area contributed by atoms with E-state index in [-0.39, 0.29) is 11.7 Å². The van der Waals surface area contributed by atoms with E-state index in [1.807, 2.05) is 42.5 Å². The van der Waals surface area contributed by atoms with Gasteiger partial charge < -0.3 is 15.4 Å². The van der Waals surface area contributed by atoms with Crippen molar-refractivity contribution in [2.45, 2.75) is 0 Å². The lowest BCUT2D eigenvalue weighted by Crippen LogP contribution is -2.03. The van der Waals surface area contributed by atoms with Gasteiger partial charge >= 0.3 is 0 Å². The molecule has 29 heavy (non-hydrogen) atoms. The number of fused-ring (bicyclic) bond motifs is 2. The Labute approximate surface area is 183 Å². The van der Waals surface area contributed by atoms with Crippen molar-refractivity contribution < 1.29 is 9.90 Å². The number of benzene rings is 3. The summed E-state index contributed by atoms with van der Waals surface area (Å²) in [5.74, 6) is -0.0152. The number of phenols is 1. The van der Waals surface area contributed by atoms with E-state index in [0.29, 0.717) is 14.5 Å². The Morgan fingerprint density at radius 1 is 0.931 bits per heavy atom. The predicted molar refractivity (Wildman–Crippen MR) is 124 cm³/mol. The monoisotopic (exact) mass is 508 g/mol. The van der Waals surface area contributed by atoms with Crippen LogP contribution < -0.4 is 5.32 Å². The topological polar surface area (TPSA) is 65.1 Å². The molecule has 4 nitrogen and oxygen atoms in total. The van der Waals surface area contributed by atoms with E-state index >= 15 is 0 Å². The van der Waals surface area contributed by atoms with Crippen molar-refractivity contribution in [1.29, 1.82) is 0 Å². The first-order chi connectivity index (χ1) is 14.0. The number of hydrogen-bond acceptors (Lipinski definition) is 2. The van der Waals surface area contributed by atoms with Crippen molar-refractivity contribution in [3.05, 3.63) is 80.7 Å². The minimum absolute atomic E-state index is 0.129. The minimum Gasteiger partial charge on any atom is -0.506 e. The average molecular weight is 510 g/mol. The summed E-state index contributed by atoms with van der Waals surface area (Å²) < 4.78 is 1.12. The molecule has 0 bridgehead atoms. The highest BCUT2D eigenvalue weighted by Crippen LogP contribution is 2.39. The van der Waals surface area contributed by atoms with Crippen LogP contribution in [0.15, 0.2) is 69.6 Å². The number of phenolic OH excluding ortho intramolecular Hbond substituents is 1. The fourth-order valence-electron chi connectivity index (χ4n) is 3.56. The Hall–Kier alpha value is -2.83.